The van der Waals surface area contributed by atoms with E-state index in [1.807, 2.05) is 31.2 Å². The zero-order chi connectivity index (χ0) is 25.4. The largest absolute Gasteiger partial charge is 0.454 e. The van der Waals surface area contributed by atoms with Gasteiger partial charge >= 0.3 is 5.97 Å². The maximum Gasteiger partial charge on any atom is 0.329 e. The molecule has 5 rings (SSSR count). The molecule has 3 amide bonds. The number of aromatic nitrogens is 1. The first-order chi connectivity index (χ1) is 17.3. The first-order valence-electron chi connectivity index (χ1n) is 12.1. The number of thiazole rings is 1. The summed E-state index contributed by atoms with van der Waals surface area (Å²) in [6.45, 7) is 3.01. The van der Waals surface area contributed by atoms with Crippen molar-refractivity contribution in [3.8, 4) is 10.6 Å². The Labute approximate surface area is 212 Å². The summed E-state index contributed by atoms with van der Waals surface area (Å²) >= 11 is 1.61. The number of carbonyl (C=O) groups excluding carboxylic acids is 4. The Kier molecular flexibility index (Phi) is 6.57. The molecular weight excluding hydrogens is 478 g/mol. The zero-order valence-corrected chi connectivity index (χ0v) is 21.0. The van der Waals surface area contributed by atoms with Gasteiger partial charge in [0.15, 0.2) is 6.61 Å². The van der Waals surface area contributed by atoms with Gasteiger partial charge < -0.3 is 10.1 Å². The van der Waals surface area contributed by atoms with Crippen molar-refractivity contribution in [3.05, 3.63) is 48.0 Å². The number of aryl methyl sites for hydroxylation is 1. The van der Waals surface area contributed by atoms with Crippen LogP contribution in [-0.2, 0) is 23.9 Å². The van der Waals surface area contributed by atoms with E-state index in [-0.39, 0.29) is 23.7 Å². The van der Waals surface area contributed by atoms with E-state index in [0.29, 0.717) is 18.5 Å². The molecule has 2 fully saturated rings. The number of nitrogens with one attached hydrogen (secondary N) is 1. The summed E-state index contributed by atoms with van der Waals surface area (Å²) in [5, 5.41) is 3.59. The summed E-state index contributed by atoms with van der Waals surface area (Å²) in [5.41, 5.74) is 3.62. The Balaban J connectivity index is 1.15. The third-order valence-corrected chi connectivity index (χ3v) is 7.98. The fourth-order valence-electron chi connectivity index (χ4n) is 4.98. The second-order valence-corrected chi connectivity index (χ2v) is 10.5. The van der Waals surface area contributed by atoms with Gasteiger partial charge in [-0.25, -0.2) is 9.78 Å². The topological polar surface area (TPSA) is 106 Å². The number of benzene rings is 2. The molecule has 3 atom stereocenters. The summed E-state index contributed by atoms with van der Waals surface area (Å²) in [5.74, 6) is -2.55. The van der Waals surface area contributed by atoms with E-state index in [9.17, 15) is 19.2 Å². The van der Waals surface area contributed by atoms with Gasteiger partial charge in [0.05, 0.1) is 22.1 Å². The van der Waals surface area contributed by atoms with E-state index in [0.717, 1.165) is 38.5 Å². The second-order valence-electron chi connectivity index (χ2n) is 9.44. The number of nitrogens with zero attached hydrogens (tertiary/aromatic N) is 2. The lowest BCUT2D eigenvalue weighted by atomic mass is 9.81. The van der Waals surface area contributed by atoms with Crippen molar-refractivity contribution in [2.24, 2.45) is 11.8 Å². The summed E-state index contributed by atoms with van der Waals surface area (Å²) < 4.78 is 6.25. The van der Waals surface area contributed by atoms with Crippen LogP contribution in [0, 0.1) is 18.8 Å². The highest BCUT2D eigenvalue weighted by molar-refractivity contribution is 7.21. The Bertz CT molecular complexity index is 1330. The van der Waals surface area contributed by atoms with E-state index in [1.165, 1.54) is 12.5 Å². The van der Waals surface area contributed by atoms with Gasteiger partial charge in [-0.2, -0.15) is 0 Å². The Morgan fingerprint density at radius 3 is 2.42 bits per heavy atom. The minimum atomic E-state index is -1.06. The summed E-state index contributed by atoms with van der Waals surface area (Å²) in [7, 11) is 0. The molecule has 1 N–H and O–H groups in total. The summed E-state index contributed by atoms with van der Waals surface area (Å²) in [6.07, 6.45) is 3.17. The van der Waals surface area contributed by atoms with Crippen LogP contribution in [0.1, 0.15) is 38.2 Å². The molecule has 2 aliphatic rings. The van der Waals surface area contributed by atoms with Crippen LogP contribution in [0.25, 0.3) is 20.8 Å². The van der Waals surface area contributed by atoms with E-state index in [4.69, 9.17) is 4.74 Å². The number of esters is 1. The molecule has 3 aromatic rings. The highest BCUT2D eigenvalue weighted by atomic mass is 32.1. The minimum absolute atomic E-state index is 0.304. The molecule has 186 valence electrons. The average molecular weight is 506 g/mol. The number of anilines is 1. The lowest BCUT2D eigenvalue weighted by Crippen LogP contribution is -2.45. The van der Waals surface area contributed by atoms with Crippen molar-refractivity contribution in [1.82, 2.24) is 9.88 Å². The van der Waals surface area contributed by atoms with Gasteiger partial charge in [-0.1, -0.05) is 18.9 Å². The van der Waals surface area contributed by atoms with Gasteiger partial charge in [-0.05, 0) is 68.7 Å². The number of hydrogen-bond donors (Lipinski definition) is 1. The fraction of sp³-hybridized carbons (Fsp3) is 0.370. The highest BCUT2D eigenvalue weighted by Crippen LogP contribution is 2.39. The van der Waals surface area contributed by atoms with Crippen LogP contribution in [0.15, 0.2) is 42.5 Å². The van der Waals surface area contributed by atoms with Crippen molar-refractivity contribution in [2.75, 3.05) is 11.9 Å². The van der Waals surface area contributed by atoms with Crippen LogP contribution >= 0.6 is 11.3 Å². The van der Waals surface area contributed by atoms with Gasteiger partial charge in [0, 0.05) is 11.3 Å². The first-order valence-corrected chi connectivity index (χ1v) is 12.9. The van der Waals surface area contributed by atoms with Gasteiger partial charge in [-0.3, -0.25) is 19.3 Å². The quantitative estimate of drug-likeness (QED) is 0.395. The average Bonchev–Trinajstić information content (AvgIpc) is 3.41. The maximum absolute atomic E-state index is 12.7. The van der Waals surface area contributed by atoms with E-state index < -0.39 is 24.5 Å². The highest BCUT2D eigenvalue weighted by Gasteiger charge is 2.51. The summed E-state index contributed by atoms with van der Waals surface area (Å²) in [6, 6.07) is 12.4. The van der Waals surface area contributed by atoms with E-state index in [1.54, 1.807) is 23.5 Å². The molecule has 1 aliphatic carbocycles. The number of rotatable bonds is 6. The Morgan fingerprint density at radius 1 is 1.08 bits per heavy atom. The van der Waals surface area contributed by atoms with Gasteiger partial charge in [0.1, 0.15) is 11.0 Å². The van der Waals surface area contributed by atoms with Crippen LogP contribution in [-0.4, -0.2) is 46.2 Å². The Morgan fingerprint density at radius 2 is 1.75 bits per heavy atom. The lowest BCUT2D eigenvalue weighted by Gasteiger charge is -2.21. The molecule has 1 aromatic heterocycles. The third-order valence-electron chi connectivity index (χ3n) is 6.91. The molecule has 9 heteroatoms. The molecule has 1 saturated heterocycles. The fourth-order valence-corrected chi connectivity index (χ4v) is 6.05. The van der Waals surface area contributed by atoms with Gasteiger partial charge in [0.2, 0.25) is 11.8 Å². The predicted octanol–water partition coefficient (Wildman–Crippen LogP) is 4.32. The molecule has 3 unspecified atom stereocenters. The first kappa shape index (κ1) is 24.1. The molecular formula is C27H27N3O5S. The van der Waals surface area contributed by atoms with Crippen LogP contribution < -0.4 is 5.32 Å². The molecule has 0 spiro atoms. The van der Waals surface area contributed by atoms with E-state index >= 15 is 0 Å². The van der Waals surface area contributed by atoms with Crippen molar-refractivity contribution in [3.63, 3.8) is 0 Å². The number of likely N-dealkylation sites (tertiary alicyclic amines) is 1. The van der Waals surface area contributed by atoms with E-state index in [2.05, 4.69) is 16.4 Å². The van der Waals surface area contributed by atoms with Crippen LogP contribution in [0.3, 0.4) is 0 Å². The molecule has 0 radical (unpaired) electrons. The zero-order valence-electron chi connectivity index (χ0n) is 20.2. The molecule has 8 nitrogen and oxygen atoms in total. The molecule has 1 aliphatic heterocycles. The number of imide groups is 1. The third kappa shape index (κ3) is 4.63. The smallest absolute Gasteiger partial charge is 0.329 e. The normalized spacial score (nSPS) is 20.3. The van der Waals surface area contributed by atoms with Crippen molar-refractivity contribution < 1.29 is 23.9 Å². The standard InChI is InChI=1S/C27H27N3O5S/c1-15-7-12-21-22(13-15)36-24(29-21)17-8-10-18(11-9-17)28-23(31)14-35-27(34)16(2)30-25(32)19-5-3-4-6-20(19)26(30)33/h7-13,16,19-20H,3-6,14H2,1-2H3,(H,28,31). The summed E-state index contributed by atoms with van der Waals surface area (Å²) in [4.78, 5) is 55.9. The lowest BCUT2D eigenvalue weighted by molar-refractivity contribution is -0.159. The van der Waals surface area contributed by atoms with Gasteiger partial charge in [-0.15, -0.1) is 11.3 Å². The van der Waals surface area contributed by atoms with Gasteiger partial charge in [0.25, 0.3) is 5.91 Å². The van der Waals surface area contributed by atoms with Crippen LogP contribution in [0.2, 0.25) is 0 Å². The number of ether oxygens (including phenoxy) is 1. The van der Waals surface area contributed by atoms with Crippen LogP contribution in [0.5, 0.6) is 0 Å². The van der Waals surface area contributed by atoms with Crippen molar-refractivity contribution in [2.45, 2.75) is 45.6 Å². The molecule has 36 heavy (non-hydrogen) atoms. The number of carbonyl (C=O) groups is 4. The van der Waals surface area contributed by atoms with Crippen molar-refractivity contribution >= 4 is 50.9 Å². The maximum atomic E-state index is 12.7. The van der Waals surface area contributed by atoms with Crippen LogP contribution in [0.4, 0.5) is 5.69 Å². The predicted molar refractivity (Wildman–Crippen MR) is 136 cm³/mol. The van der Waals surface area contributed by atoms with Crippen molar-refractivity contribution in [1.29, 1.82) is 0 Å². The molecule has 2 aromatic carbocycles. The monoisotopic (exact) mass is 505 g/mol. The Hall–Kier alpha value is -3.59. The molecule has 0 bridgehead atoms. The number of amides is 3. The number of hydrogen-bond acceptors (Lipinski definition) is 7. The minimum Gasteiger partial charge on any atom is -0.454 e. The molecule has 2 heterocycles. The number of fused-ring (bicyclic) bond motifs is 2. The SMILES string of the molecule is Cc1ccc2nc(-c3ccc(NC(=O)COC(=O)C(C)N4C(=O)C5CCCCC5C4=O)cc3)sc2c1. The molecule has 1 saturated carbocycles. The second kappa shape index (κ2) is 9.81.